The summed E-state index contributed by atoms with van der Waals surface area (Å²) in [5.74, 6) is 0.573. The molecule has 0 radical (unpaired) electrons. The lowest BCUT2D eigenvalue weighted by Gasteiger charge is -2.11. The van der Waals surface area contributed by atoms with Gasteiger partial charge in [0.05, 0.1) is 22.2 Å². The van der Waals surface area contributed by atoms with Gasteiger partial charge in [0.1, 0.15) is 5.75 Å². The van der Waals surface area contributed by atoms with Crippen LogP contribution >= 0.6 is 15.9 Å². The zero-order chi connectivity index (χ0) is 17.2. The highest BCUT2D eigenvalue weighted by molar-refractivity contribution is 9.10. The minimum atomic E-state index is -3.69. The summed E-state index contributed by atoms with van der Waals surface area (Å²) in [7, 11) is -2.16. The molecule has 0 fully saturated rings. The van der Waals surface area contributed by atoms with E-state index in [0.29, 0.717) is 15.9 Å². The van der Waals surface area contributed by atoms with Gasteiger partial charge in [0.2, 0.25) is 0 Å². The van der Waals surface area contributed by atoms with Crippen LogP contribution in [-0.2, 0) is 10.0 Å². The van der Waals surface area contributed by atoms with Gasteiger partial charge in [0.15, 0.2) is 0 Å². The van der Waals surface area contributed by atoms with E-state index in [1.165, 1.54) is 19.2 Å². The second-order valence-corrected chi connectivity index (χ2v) is 7.58. The van der Waals surface area contributed by atoms with E-state index in [-0.39, 0.29) is 4.90 Å². The van der Waals surface area contributed by atoms with Crippen molar-refractivity contribution >= 4 is 31.6 Å². The Morgan fingerprint density at radius 2 is 1.79 bits per heavy atom. The number of anilines is 1. The average molecular weight is 407 g/mol. The number of benzene rings is 2. The van der Waals surface area contributed by atoms with E-state index >= 15 is 0 Å². The monoisotopic (exact) mass is 406 g/mol. The Morgan fingerprint density at radius 1 is 1.04 bits per heavy atom. The standard InChI is InChI=1S/C17H15BrN2O3S/c1-23-17-8-7-15(12-16(17)18)24(21,22)19-13-5-4-6-14(11-13)20-9-2-3-10-20/h2-12,19H,1H3. The second-order valence-electron chi connectivity index (χ2n) is 5.04. The summed E-state index contributed by atoms with van der Waals surface area (Å²) < 4.78 is 35.3. The zero-order valence-electron chi connectivity index (χ0n) is 12.8. The van der Waals surface area contributed by atoms with Gasteiger partial charge in [-0.1, -0.05) is 6.07 Å². The van der Waals surface area contributed by atoms with E-state index in [4.69, 9.17) is 4.74 Å². The van der Waals surface area contributed by atoms with Crippen molar-refractivity contribution in [3.63, 3.8) is 0 Å². The minimum absolute atomic E-state index is 0.154. The summed E-state index contributed by atoms with van der Waals surface area (Å²) in [5, 5.41) is 0. The molecule has 0 aliphatic rings. The number of halogens is 1. The smallest absolute Gasteiger partial charge is 0.261 e. The lowest BCUT2D eigenvalue weighted by atomic mass is 10.3. The van der Waals surface area contributed by atoms with Crippen molar-refractivity contribution < 1.29 is 13.2 Å². The van der Waals surface area contributed by atoms with E-state index in [0.717, 1.165) is 5.69 Å². The van der Waals surface area contributed by atoms with Gasteiger partial charge in [0, 0.05) is 18.1 Å². The predicted octanol–water partition coefficient (Wildman–Crippen LogP) is 4.05. The Hall–Kier alpha value is -2.25. The lowest BCUT2D eigenvalue weighted by molar-refractivity contribution is 0.411. The first kappa shape index (κ1) is 16.6. The number of ether oxygens (including phenoxy) is 1. The first-order chi connectivity index (χ1) is 11.5. The van der Waals surface area contributed by atoms with Crippen LogP contribution < -0.4 is 9.46 Å². The van der Waals surface area contributed by atoms with Crippen LogP contribution in [0.25, 0.3) is 5.69 Å². The lowest BCUT2D eigenvalue weighted by Crippen LogP contribution is -2.13. The van der Waals surface area contributed by atoms with Crippen molar-refractivity contribution in [3.05, 3.63) is 71.5 Å². The summed E-state index contributed by atoms with van der Waals surface area (Å²) in [6, 6.07) is 15.6. The van der Waals surface area contributed by atoms with Crippen LogP contribution in [0.15, 0.2) is 76.4 Å². The molecule has 0 atom stereocenters. The first-order valence-corrected chi connectivity index (χ1v) is 9.37. The number of nitrogens with zero attached hydrogens (tertiary/aromatic N) is 1. The van der Waals surface area contributed by atoms with Crippen molar-refractivity contribution in [1.29, 1.82) is 0 Å². The molecule has 0 unspecified atom stereocenters. The Morgan fingerprint density at radius 3 is 2.46 bits per heavy atom. The molecule has 0 saturated carbocycles. The van der Waals surface area contributed by atoms with Crippen molar-refractivity contribution in [2.24, 2.45) is 0 Å². The zero-order valence-corrected chi connectivity index (χ0v) is 15.2. The molecule has 124 valence electrons. The van der Waals surface area contributed by atoms with Crippen molar-refractivity contribution in [3.8, 4) is 11.4 Å². The SMILES string of the molecule is COc1ccc(S(=O)(=O)Nc2cccc(-n3cccc3)c2)cc1Br. The van der Waals surface area contributed by atoms with Crippen molar-refractivity contribution in [1.82, 2.24) is 4.57 Å². The fourth-order valence-corrected chi connectivity index (χ4v) is 4.03. The summed E-state index contributed by atoms with van der Waals surface area (Å²) in [6.45, 7) is 0. The molecule has 24 heavy (non-hydrogen) atoms. The summed E-state index contributed by atoms with van der Waals surface area (Å²) in [4.78, 5) is 0.154. The molecule has 3 rings (SSSR count). The Bertz CT molecular complexity index is 954. The van der Waals surface area contributed by atoms with E-state index < -0.39 is 10.0 Å². The molecule has 3 aromatic rings. The largest absolute Gasteiger partial charge is 0.496 e. The van der Waals surface area contributed by atoms with Crippen molar-refractivity contribution in [2.75, 3.05) is 11.8 Å². The minimum Gasteiger partial charge on any atom is -0.496 e. The molecular formula is C17H15BrN2O3S. The Kier molecular flexibility index (Phi) is 4.64. The summed E-state index contributed by atoms with van der Waals surface area (Å²) in [5.41, 5.74) is 1.37. The van der Waals surface area contributed by atoms with Crippen LogP contribution in [0.5, 0.6) is 5.75 Å². The normalized spacial score (nSPS) is 11.2. The number of nitrogens with one attached hydrogen (secondary N) is 1. The Balaban J connectivity index is 1.90. The highest BCUT2D eigenvalue weighted by Gasteiger charge is 2.16. The number of aromatic nitrogens is 1. The number of hydrogen-bond donors (Lipinski definition) is 1. The van der Waals surface area contributed by atoms with Gasteiger partial charge in [-0.15, -0.1) is 0 Å². The van der Waals surface area contributed by atoms with Gasteiger partial charge in [0.25, 0.3) is 10.0 Å². The maximum absolute atomic E-state index is 12.6. The summed E-state index contributed by atoms with van der Waals surface area (Å²) in [6.07, 6.45) is 3.79. The second kappa shape index (κ2) is 6.70. The molecule has 1 N–H and O–H groups in total. The fourth-order valence-electron chi connectivity index (χ4n) is 2.26. The fraction of sp³-hybridized carbons (Fsp3) is 0.0588. The van der Waals surface area contributed by atoms with E-state index in [1.54, 1.807) is 24.3 Å². The number of methoxy groups -OCH3 is 1. The van der Waals surface area contributed by atoms with Crippen LogP contribution in [0.1, 0.15) is 0 Å². The van der Waals surface area contributed by atoms with Crippen LogP contribution in [0.3, 0.4) is 0 Å². The predicted molar refractivity (Wildman–Crippen MR) is 97.3 cm³/mol. The van der Waals surface area contributed by atoms with Crippen molar-refractivity contribution in [2.45, 2.75) is 4.90 Å². The molecule has 1 aromatic heterocycles. The van der Waals surface area contributed by atoms with Gasteiger partial charge < -0.3 is 9.30 Å². The number of hydrogen-bond acceptors (Lipinski definition) is 3. The third kappa shape index (κ3) is 3.47. The maximum atomic E-state index is 12.6. The van der Waals surface area contributed by atoms with E-state index in [1.807, 2.05) is 35.2 Å². The van der Waals surface area contributed by atoms with Gasteiger partial charge in [-0.05, 0) is 64.5 Å². The van der Waals surface area contributed by atoms with E-state index in [9.17, 15) is 8.42 Å². The summed E-state index contributed by atoms with van der Waals surface area (Å²) >= 11 is 3.30. The topological polar surface area (TPSA) is 60.3 Å². The third-order valence-corrected chi connectivity index (χ3v) is 5.43. The van der Waals surface area contributed by atoms with Crippen LogP contribution in [0, 0.1) is 0 Å². The molecular weight excluding hydrogens is 392 g/mol. The maximum Gasteiger partial charge on any atom is 0.261 e. The molecule has 0 bridgehead atoms. The van der Waals surface area contributed by atoms with Gasteiger partial charge in [-0.2, -0.15) is 0 Å². The van der Waals surface area contributed by atoms with Crippen LogP contribution in [-0.4, -0.2) is 20.1 Å². The van der Waals surface area contributed by atoms with Gasteiger partial charge in [-0.3, -0.25) is 4.72 Å². The average Bonchev–Trinajstić information content (AvgIpc) is 3.09. The molecule has 0 saturated heterocycles. The molecule has 7 heteroatoms. The first-order valence-electron chi connectivity index (χ1n) is 7.09. The highest BCUT2D eigenvalue weighted by atomic mass is 79.9. The molecule has 2 aromatic carbocycles. The molecule has 0 spiro atoms. The quantitative estimate of drug-likeness (QED) is 0.694. The van der Waals surface area contributed by atoms with E-state index in [2.05, 4.69) is 20.7 Å². The Labute approximate surface area is 149 Å². The molecule has 0 aliphatic carbocycles. The molecule has 5 nitrogen and oxygen atoms in total. The van der Waals surface area contributed by atoms with Gasteiger partial charge in [-0.25, -0.2) is 8.42 Å². The molecule has 0 aliphatic heterocycles. The molecule has 0 amide bonds. The third-order valence-electron chi connectivity index (χ3n) is 3.43. The van der Waals surface area contributed by atoms with Crippen LogP contribution in [0.4, 0.5) is 5.69 Å². The van der Waals surface area contributed by atoms with Crippen LogP contribution in [0.2, 0.25) is 0 Å². The number of sulfonamides is 1. The molecule has 1 heterocycles. The number of rotatable bonds is 5. The van der Waals surface area contributed by atoms with Gasteiger partial charge >= 0.3 is 0 Å². The highest BCUT2D eigenvalue weighted by Crippen LogP contribution is 2.28.